The Hall–Kier alpha value is -1.55. The molecule has 0 aromatic heterocycles. The van der Waals surface area contributed by atoms with Gasteiger partial charge in [-0.1, -0.05) is 19.1 Å². The lowest BCUT2D eigenvalue weighted by molar-refractivity contribution is -0.123. The van der Waals surface area contributed by atoms with E-state index in [1.165, 1.54) is 0 Å². The molecule has 0 spiro atoms. The third kappa shape index (κ3) is 3.74. The predicted molar refractivity (Wildman–Crippen MR) is 73.6 cm³/mol. The van der Waals surface area contributed by atoms with Gasteiger partial charge in [-0.2, -0.15) is 0 Å². The van der Waals surface area contributed by atoms with Crippen LogP contribution >= 0.6 is 0 Å². The van der Waals surface area contributed by atoms with Gasteiger partial charge < -0.3 is 15.3 Å². The average Bonchev–Trinajstić information content (AvgIpc) is 2.37. The molecule has 18 heavy (non-hydrogen) atoms. The van der Waals surface area contributed by atoms with Crippen molar-refractivity contribution >= 4 is 11.6 Å². The second-order valence-electron chi connectivity index (χ2n) is 4.66. The van der Waals surface area contributed by atoms with Crippen molar-refractivity contribution in [1.29, 1.82) is 0 Å². The topological polar surface area (TPSA) is 52.6 Å². The summed E-state index contributed by atoms with van der Waals surface area (Å²) in [6, 6.07) is 7.72. The summed E-state index contributed by atoms with van der Waals surface area (Å²) in [4.78, 5) is 13.5. The number of hydrogen-bond donors (Lipinski definition) is 2. The monoisotopic (exact) mass is 250 g/mol. The summed E-state index contributed by atoms with van der Waals surface area (Å²) in [7, 11) is 3.60. The van der Waals surface area contributed by atoms with Gasteiger partial charge in [-0.05, 0) is 24.6 Å². The van der Waals surface area contributed by atoms with E-state index < -0.39 is 6.10 Å². The molecule has 0 saturated carbocycles. The molecule has 4 heteroatoms. The lowest BCUT2D eigenvalue weighted by atomic mass is 10.1. The molecule has 0 aliphatic carbocycles. The second kappa shape index (κ2) is 6.40. The van der Waals surface area contributed by atoms with Gasteiger partial charge >= 0.3 is 0 Å². The Kier molecular flexibility index (Phi) is 5.16. The molecule has 1 unspecified atom stereocenters. The van der Waals surface area contributed by atoms with Gasteiger partial charge in [-0.25, -0.2) is 0 Å². The van der Waals surface area contributed by atoms with Crippen LogP contribution in [-0.4, -0.2) is 31.7 Å². The maximum atomic E-state index is 11.5. The zero-order valence-electron chi connectivity index (χ0n) is 11.5. The zero-order valence-corrected chi connectivity index (χ0v) is 11.5. The summed E-state index contributed by atoms with van der Waals surface area (Å²) in [5, 5.41) is 12.1. The number of aliphatic hydroxyl groups excluding tert-OH is 1. The van der Waals surface area contributed by atoms with Crippen LogP contribution in [0.15, 0.2) is 24.3 Å². The fourth-order valence-electron chi connectivity index (χ4n) is 1.85. The molecule has 100 valence electrons. The van der Waals surface area contributed by atoms with Crippen molar-refractivity contribution in [2.45, 2.75) is 20.0 Å². The number of nitrogens with zero attached hydrogens (tertiary/aromatic N) is 1. The Labute approximate surface area is 109 Å². The molecule has 0 heterocycles. The van der Waals surface area contributed by atoms with E-state index in [0.29, 0.717) is 6.54 Å². The molecule has 4 nitrogen and oxygen atoms in total. The molecule has 2 N–H and O–H groups in total. The largest absolute Gasteiger partial charge is 0.389 e. The Bertz CT molecular complexity index is 387. The van der Waals surface area contributed by atoms with Crippen LogP contribution < -0.4 is 10.2 Å². The van der Waals surface area contributed by atoms with Crippen LogP contribution in [0.1, 0.15) is 25.5 Å². The SMILES string of the molecule is CNC(=O)C(C)CN(C)c1ccc([C@H](C)O)cc1. The van der Waals surface area contributed by atoms with Crippen LogP contribution in [0.25, 0.3) is 0 Å². The van der Waals surface area contributed by atoms with Gasteiger partial charge in [0.2, 0.25) is 5.91 Å². The van der Waals surface area contributed by atoms with Crippen molar-refractivity contribution in [3.8, 4) is 0 Å². The Morgan fingerprint density at radius 1 is 1.33 bits per heavy atom. The molecule has 2 atom stereocenters. The summed E-state index contributed by atoms with van der Waals surface area (Å²) < 4.78 is 0. The van der Waals surface area contributed by atoms with E-state index in [-0.39, 0.29) is 11.8 Å². The van der Waals surface area contributed by atoms with Crippen LogP contribution in [0.2, 0.25) is 0 Å². The highest BCUT2D eigenvalue weighted by Crippen LogP contribution is 2.18. The van der Waals surface area contributed by atoms with E-state index >= 15 is 0 Å². The molecule has 1 rings (SSSR count). The summed E-state index contributed by atoms with van der Waals surface area (Å²) in [6.07, 6.45) is -0.450. The number of rotatable bonds is 5. The molecular weight excluding hydrogens is 228 g/mol. The Balaban J connectivity index is 2.67. The number of carbonyl (C=O) groups excluding carboxylic acids is 1. The van der Waals surface area contributed by atoms with Gasteiger partial charge in [-0.3, -0.25) is 4.79 Å². The number of amides is 1. The van der Waals surface area contributed by atoms with Crippen molar-refractivity contribution in [3.05, 3.63) is 29.8 Å². The minimum Gasteiger partial charge on any atom is -0.389 e. The number of nitrogens with one attached hydrogen (secondary N) is 1. The minimum absolute atomic E-state index is 0.0439. The van der Waals surface area contributed by atoms with Crippen molar-refractivity contribution in [1.82, 2.24) is 5.32 Å². The molecule has 0 fully saturated rings. The van der Waals surface area contributed by atoms with E-state index in [9.17, 15) is 9.90 Å². The fourth-order valence-corrected chi connectivity index (χ4v) is 1.85. The first kappa shape index (κ1) is 14.5. The van der Waals surface area contributed by atoms with Crippen molar-refractivity contribution < 1.29 is 9.90 Å². The van der Waals surface area contributed by atoms with Gasteiger partial charge in [0.25, 0.3) is 0 Å². The van der Waals surface area contributed by atoms with Crippen LogP contribution in [0.3, 0.4) is 0 Å². The van der Waals surface area contributed by atoms with Gasteiger partial charge in [-0.15, -0.1) is 0 Å². The first-order valence-corrected chi connectivity index (χ1v) is 6.16. The van der Waals surface area contributed by atoms with E-state index in [2.05, 4.69) is 5.32 Å². The maximum Gasteiger partial charge on any atom is 0.224 e. The molecular formula is C14H22N2O2. The zero-order chi connectivity index (χ0) is 13.7. The fraction of sp³-hybridized carbons (Fsp3) is 0.500. The highest BCUT2D eigenvalue weighted by Gasteiger charge is 2.14. The van der Waals surface area contributed by atoms with E-state index in [0.717, 1.165) is 11.3 Å². The number of benzene rings is 1. The summed E-state index contributed by atoms with van der Waals surface area (Å²) in [5.41, 5.74) is 1.93. The molecule has 1 aromatic carbocycles. The lowest BCUT2D eigenvalue weighted by Gasteiger charge is -2.23. The van der Waals surface area contributed by atoms with Gasteiger partial charge in [0.1, 0.15) is 0 Å². The minimum atomic E-state index is -0.450. The van der Waals surface area contributed by atoms with Crippen LogP contribution in [0, 0.1) is 5.92 Å². The quantitative estimate of drug-likeness (QED) is 0.834. The number of carbonyl (C=O) groups is 1. The average molecular weight is 250 g/mol. The van der Waals surface area contributed by atoms with Gasteiger partial charge in [0, 0.05) is 26.3 Å². The van der Waals surface area contributed by atoms with Crippen molar-refractivity contribution in [3.63, 3.8) is 0 Å². The highest BCUT2D eigenvalue weighted by molar-refractivity contribution is 5.78. The number of hydrogen-bond acceptors (Lipinski definition) is 3. The molecule has 0 aliphatic heterocycles. The summed E-state index contributed by atoms with van der Waals surface area (Å²) in [5.74, 6) is -0.0149. The smallest absolute Gasteiger partial charge is 0.224 e. The standard InChI is InChI=1S/C14H22N2O2/c1-10(14(18)15-3)9-16(4)13-7-5-12(6-8-13)11(2)17/h5-8,10-11,17H,9H2,1-4H3,(H,15,18)/t10?,11-/m0/s1. The third-order valence-corrected chi connectivity index (χ3v) is 3.06. The van der Waals surface area contributed by atoms with Gasteiger partial charge in [0.05, 0.1) is 12.0 Å². The molecule has 0 radical (unpaired) electrons. The second-order valence-corrected chi connectivity index (χ2v) is 4.66. The number of anilines is 1. The summed E-state index contributed by atoms with van der Waals surface area (Å²) >= 11 is 0. The normalized spacial score (nSPS) is 13.8. The van der Waals surface area contributed by atoms with E-state index in [1.807, 2.05) is 43.1 Å². The highest BCUT2D eigenvalue weighted by atomic mass is 16.3. The Morgan fingerprint density at radius 2 is 1.89 bits per heavy atom. The molecule has 1 aromatic rings. The van der Waals surface area contributed by atoms with E-state index in [4.69, 9.17) is 0 Å². The third-order valence-electron chi connectivity index (χ3n) is 3.06. The first-order chi connectivity index (χ1) is 8.45. The molecule has 0 aliphatic rings. The van der Waals surface area contributed by atoms with Crippen LogP contribution in [0.5, 0.6) is 0 Å². The Morgan fingerprint density at radius 3 is 2.33 bits per heavy atom. The molecule has 0 saturated heterocycles. The van der Waals surface area contributed by atoms with Crippen LogP contribution in [0.4, 0.5) is 5.69 Å². The van der Waals surface area contributed by atoms with E-state index in [1.54, 1.807) is 14.0 Å². The van der Waals surface area contributed by atoms with Crippen molar-refractivity contribution in [2.24, 2.45) is 5.92 Å². The molecule has 1 amide bonds. The maximum absolute atomic E-state index is 11.5. The van der Waals surface area contributed by atoms with Crippen LogP contribution in [-0.2, 0) is 4.79 Å². The number of aliphatic hydroxyl groups is 1. The lowest BCUT2D eigenvalue weighted by Crippen LogP contribution is -2.34. The summed E-state index contributed by atoms with van der Waals surface area (Å²) in [6.45, 7) is 4.31. The van der Waals surface area contributed by atoms with Gasteiger partial charge in [0.15, 0.2) is 0 Å². The molecule has 0 bridgehead atoms. The predicted octanol–water partition coefficient (Wildman–Crippen LogP) is 1.56. The first-order valence-electron chi connectivity index (χ1n) is 6.16. The van der Waals surface area contributed by atoms with Crippen molar-refractivity contribution in [2.75, 3.05) is 25.5 Å².